The number of hydrogen-bond donors (Lipinski definition) is 2. The number of aliphatic carboxylic acids is 1. The predicted molar refractivity (Wildman–Crippen MR) is 149 cm³/mol. The number of benzene rings is 2. The molecule has 0 radical (unpaired) electrons. The first-order chi connectivity index (χ1) is 18.6. The maximum absolute atomic E-state index is 14.7. The van der Waals surface area contributed by atoms with Gasteiger partial charge in [-0.2, -0.15) is 5.10 Å². The first kappa shape index (κ1) is 27.9. The summed E-state index contributed by atoms with van der Waals surface area (Å²) >= 11 is 12.1. The van der Waals surface area contributed by atoms with E-state index in [1.165, 1.54) is 6.34 Å². The number of carbonyl (C=O) groups is 2. The van der Waals surface area contributed by atoms with Crippen molar-refractivity contribution in [2.24, 2.45) is 15.1 Å². The SMILES string of the molecule is C=N/C=N\c1[nH]c(=O)c(C2=NN(C(=O)C(F)CC(=O)O)C(c3ccc(Cl)cc3)C2)c(-c2ccc(Cl)cc2)c1C. The fourth-order valence-electron chi connectivity index (χ4n) is 4.36. The third kappa shape index (κ3) is 5.97. The number of rotatable bonds is 8. The molecule has 2 unspecified atom stereocenters. The van der Waals surface area contributed by atoms with Crippen molar-refractivity contribution in [3.63, 3.8) is 0 Å². The lowest BCUT2D eigenvalue weighted by Gasteiger charge is -2.23. The molecule has 0 fully saturated rings. The minimum atomic E-state index is -2.33. The maximum atomic E-state index is 14.7. The summed E-state index contributed by atoms with van der Waals surface area (Å²) < 4.78 is 14.7. The smallest absolute Gasteiger partial charge is 0.306 e. The number of hydrazone groups is 1. The van der Waals surface area contributed by atoms with Crippen molar-refractivity contribution in [3.8, 4) is 11.1 Å². The highest BCUT2D eigenvalue weighted by Crippen LogP contribution is 2.38. The first-order valence-corrected chi connectivity index (χ1v) is 12.4. The molecule has 200 valence electrons. The molecule has 0 saturated heterocycles. The van der Waals surface area contributed by atoms with Gasteiger partial charge in [-0.1, -0.05) is 47.5 Å². The molecule has 1 aliphatic rings. The van der Waals surface area contributed by atoms with Gasteiger partial charge in [0.25, 0.3) is 11.5 Å². The molecule has 2 heterocycles. The summed E-state index contributed by atoms with van der Waals surface area (Å²) in [5.41, 5.74) is 2.08. The van der Waals surface area contributed by atoms with Crippen LogP contribution >= 0.6 is 23.2 Å². The molecule has 0 spiro atoms. The number of aliphatic imine (C=N–C) groups is 2. The Morgan fingerprint density at radius 3 is 2.38 bits per heavy atom. The Bertz CT molecular complexity index is 1550. The van der Waals surface area contributed by atoms with E-state index in [1.807, 2.05) is 0 Å². The van der Waals surface area contributed by atoms with Crippen molar-refractivity contribution in [1.82, 2.24) is 9.99 Å². The Morgan fingerprint density at radius 2 is 1.79 bits per heavy atom. The summed E-state index contributed by atoms with van der Waals surface area (Å²) in [7, 11) is 0. The molecule has 2 aromatic carbocycles. The van der Waals surface area contributed by atoms with Crippen molar-refractivity contribution in [3.05, 3.63) is 85.6 Å². The first-order valence-electron chi connectivity index (χ1n) is 11.6. The van der Waals surface area contributed by atoms with Crippen LogP contribution in [-0.4, -0.2) is 51.9 Å². The number of carboxylic acids is 1. The van der Waals surface area contributed by atoms with Crippen LogP contribution in [0.25, 0.3) is 11.1 Å². The van der Waals surface area contributed by atoms with Crippen molar-refractivity contribution < 1.29 is 19.1 Å². The Hall–Kier alpha value is -4.15. The normalized spacial score (nSPS) is 15.8. The van der Waals surface area contributed by atoms with Crippen LogP contribution in [0.15, 0.2) is 68.4 Å². The average molecular weight is 570 g/mol. The fourth-order valence-corrected chi connectivity index (χ4v) is 4.61. The number of H-pyrrole nitrogens is 1. The zero-order valence-corrected chi connectivity index (χ0v) is 22.1. The monoisotopic (exact) mass is 569 g/mol. The molecule has 2 N–H and O–H groups in total. The summed E-state index contributed by atoms with van der Waals surface area (Å²) in [4.78, 5) is 48.1. The summed E-state index contributed by atoms with van der Waals surface area (Å²) in [5.74, 6) is -2.36. The van der Waals surface area contributed by atoms with Gasteiger partial charge in [-0.05, 0) is 49.0 Å². The number of amides is 1. The van der Waals surface area contributed by atoms with E-state index in [1.54, 1.807) is 55.5 Å². The minimum absolute atomic E-state index is 0.0487. The molecular weight excluding hydrogens is 548 g/mol. The third-order valence-electron chi connectivity index (χ3n) is 6.14. The van der Waals surface area contributed by atoms with Gasteiger partial charge in [0, 0.05) is 27.6 Å². The second kappa shape index (κ2) is 11.7. The summed E-state index contributed by atoms with van der Waals surface area (Å²) in [6.45, 7) is 5.11. The zero-order valence-electron chi connectivity index (χ0n) is 20.6. The van der Waals surface area contributed by atoms with E-state index in [9.17, 15) is 18.8 Å². The number of nitrogens with one attached hydrogen (secondary N) is 1. The van der Waals surface area contributed by atoms with E-state index < -0.39 is 36.1 Å². The molecule has 9 nitrogen and oxygen atoms in total. The fraction of sp³-hybridized carbons (Fsp3) is 0.185. The number of hydrogen-bond acceptors (Lipinski definition) is 5. The predicted octanol–water partition coefficient (Wildman–Crippen LogP) is 5.51. The lowest BCUT2D eigenvalue weighted by molar-refractivity contribution is -0.146. The molecule has 4 rings (SSSR count). The molecule has 3 aromatic rings. The van der Waals surface area contributed by atoms with Crippen LogP contribution in [0.5, 0.6) is 0 Å². The van der Waals surface area contributed by atoms with E-state index in [0.717, 1.165) is 5.01 Å². The van der Waals surface area contributed by atoms with E-state index in [0.29, 0.717) is 32.3 Å². The Labute approximate surface area is 232 Å². The van der Waals surface area contributed by atoms with Crippen LogP contribution in [0, 0.1) is 6.92 Å². The number of carbonyl (C=O) groups excluding carboxylic acids is 1. The van der Waals surface area contributed by atoms with Crippen molar-refractivity contribution >= 4 is 59.7 Å². The van der Waals surface area contributed by atoms with Gasteiger partial charge in [-0.25, -0.2) is 14.4 Å². The molecule has 1 aliphatic heterocycles. The molecule has 39 heavy (non-hydrogen) atoms. The lowest BCUT2D eigenvalue weighted by atomic mass is 9.91. The highest BCUT2D eigenvalue weighted by atomic mass is 35.5. The number of aromatic amines is 1. The van der Waals surface area contributed by atoms with Crippen LogP contribution in [-0.2, 0) is 9.59 Å². The maximum Gasteiger partial charge on any atom is 0.306 e. The molecular formula is C27H22Cl2FN5O4. The highest BCUT2D eigenvalue weighted by molar-refractivity contribution is 6.31. The quantitative estimate of drug-likeness (QED) is 0.274. The van der Waals surface area contributed by atoms with E-state index >= 15 is 0 Å². The minimum Gasteiger partial charge on any atom is -0.481 e. The van der Waals surface area contributed by atoms with Crippen LogP contribution in [0.4, 0.5) is 10.2 Å². The second-order valence-corrected chi connectivity index (χ2v) is 9.55. The Kier molecular flexibility index (Phi) is 8.37. The number of aromatic nitrogens is 1. The van der Waals surface area contributed by atoms with Crippen LogP contribution < -0.4 is 5.56 Å². The van der Waals surface area contributed by atoms with E-state index in [4.69, 9.17) is 28.3 Å². The van der Waals surface area contributed by atoms with Gasteiger partial charge in [0.1, 0.15) is 12.2 Å². The van der Waals surface area contributed by atoms with E-state index in [2.05, 4.69) is 26.8 Å². The van der Waals surface area contributed by atoms with Gasteiger partial charge in [0.05, 0.1) is 23.7 Å². The molecule has 0 aliphatic carbocycles. The number of pyridine rings is 1. The molecule has 0 saturated carbocycles. The van der Waals surface area contributed by atoms with Gasteiger partial charge in [-0.15, -0.1) is 0 Å². The van der Waals surface area contributed by atoms with Gasteiger partial charge in [0.15, 0.2) is 6.17 Å². The Morgan fingerprint density at radius 1 is 1.18 bits per heavy atom. The standard InChI is InChI=1S/C27H22Cl2FN5O4/c1-14-23(16-5-9-18(29)10-6-16)24(26(38)33-25(14)32-13-31-2)20-12-21(15-3-7-17(28)8-4-15)35(34-20)27(39)19(30)11-22(36)37/h3-10,13,19,21H,2,11-12H2,1H3,(H,33,38)(H,36,37)/b32-13-. The summed E-state index contributed by atoms with van der Waals surface area (Å²) in [6, 6.07) is 12.5. The van der Waals surface area contributed by atoms with E-state index in [-0.39, 0.29) is 23.5 Å². The number of nitrogens with zero attached hydrogens (tertiary/aromatic N) is 4. The molecule has 1 amide bonds. The summed E-state index contributed by atoms with van der Waals surface area (Å²) in [5, 5.41) is 15.2. The average Bonchev–Trinajstić information content (AvgIpc) is 3.33. The van der Waals surface area contributed by atoms with Crippen molar-refractivity contribution in [2.75, 3.05) is 0 Å². The molecule has 2 atom stereocenters. The third-order valence-corrected chi connectivity index (χ3v) is 6.65. The van der Waals surface area contributed by atoms with Crippen molar-refractivity contribution in [2.45, 2.75) is 32.0 Å². The van der Waals surface area contributed by atoms with Crippen molar-refractivity contribution in [1.29, 1.82) is 0 Å². The lowest BCUT2D eigenvalue weighted by Crippen LogP contribution is -2.35. The van der Waals surface area contributed by atoms with Crippen LogP contribution in [0.3, 0.4) is 0 Å². The molecule has 12 heteroatoms. The van der Waals surface area contributed by atoms with Crippen LogP contribution in [0.1, 0.15) is 35.6 Å². The molecule has 0 bridgehead atoms. The molecule has 1 aromatic heterocycles. The van der Waals surface area contributed by atoms with Gasteiger partial charge >= 0.3 is 5.97 Å². The van der Waals surface area contributed by atoms with Gasteiger partial charge in [-0.3, -0.25) is 19.4 Å². The highest BCUT2D eigenvalue weighted by Gasteiger charge is 2.39. The number of halogens is 3. The largest absolute Gasteiger partial charge is 0.481 e. The van der Waals surface area contributed by atoms with Gasteiger partial charge in [0.2, 0.25) is 0 Å². The summed E-state index contributed by atoms with van der Waals surface area (Å²) in [6.07, 6.45) is -2.11. The van der Waals surface area contributed by atoms with Crippen LogP contribution in [0.2, 0.25) is 10.0 Å². The zero-order chi connectivity index (χ0) is 28.3. The topological polar surface area (TPSA) is 128 Å². The second-order valence-electron chi connectivity index (χ2n) is 8.68. The number of alkyl halides is 1. The Balaban J connectivity index is 1.91. The van der Waals surface area contributed by atoms with Gasteiger partial charge < -0.3 is 10.1 Å². The number of carboxylic acid groups (broad SMARTS) is 1.